The third-order valence-electron chi connectivity index (χ3n) is 5.95. The average Bonchev–Trinajstić information content (AvgIpc) is 2.82. The van der Waals surface area contributed by atoms with Crippen LogP contribution in [0.3, 0.4) is 0 Å². The van der Waals surface area contributed by atoms with Gasteiger partial charge in [-0.05, 0) is 32.2 Å². The molecule has 8 nitrogen and oxygen atoms in total. The minimum atomic E-state index is 0. The average molecular weight is 730 g/mol. The van der Waals surface area contributed by atoms with Gasteiger partial charge in [0.1, 0.15) is 0 Å². The number of rotatable bonds is 20. The molecule has 1 aliphatic rings. The normalized spacial score (nSPS) is 14.3. The fraction of sp³-hybridized carbons (Fsp3) is 0.840. The second-order valence-corrected chi connectivity index (χ2v) is 8.77. The maximum absolute atomic E-state index is 12.0. The molecule has 207 valence electrons. The van der Waals surface area contributed by atoms with Gasteiger partial charge in [-0.2, -0.15) is 6.92 Å². The summed E-state index contributed by atoms with van der Waals surface area (Å²) in [6.07, 6.45) is 8.95. The zero-order chi connectivity index (χ0) is 24.2. The van der Waals surface area contributed by atoms with E-state index in [9.17, 15) is 14.4 Å². The van der Waals surface area contributed by atoms with Crippen LogP contribution in [0.2, 0.25) is 0 Å². The molecule has 0 unspecified atom stereocenters. The number of hydrogen-bond donors (Lipinski definition) is 2. The van der Waals surface area contributed by atoms with E-state index in [4.69, 9.17) is 4.74 Å². The van der Waals surface area contributed by atoms with Crippen LogP contribution in [-0.4, -0.2) is 93.0 Å². The maximum Gasteiger partial charge on any atom is 0.220 e. The number of hydrogen-bond acceptors (Lipinski definition) is 6. The minimum absolute atomic E-state index is 0. The molecule has 1 heterocycles. The van der Waals surface area contributed by atoms with Gasteiger partial charge in [0.25, 0.3) is 0 Å². The monoisotopic (exact) mass is 729 g/mol. The van der Waals surface area contributed by atoms with E-state index in [-0.39, 0.29) is 17.6 Å². The zero-order valence-electron chi connectivity index (χ0n) is 21.3. The smallest absolute Gasteiger partial charge is 0.220 e. The van der Waals surface area contributed by atoms with Gasteiger partial charge in [0.2, 0.25) is 11.8 Å². The molecule has 0 spiro atoms. The van der Waals surface area contributed by atoms with Crippen molar-refractivity contribution < 1.29 is 19.1 Å². The second-order valence-electron chi connectivity index (χ2n) is 8.77. The van der Waals surface area contributed by atoms with E-state index in [0.29, 0.717) is 38.8 Å². The molecule has 0 bridgehead atoms. The predicted molar refractivity (Wildman–Crippen MR) is 132 cm³/mol. The summed E-state index contributed by atoms with van der Waals surface area (Å²) >= 11 is 0. The Bertz CT molecular complexity index is 543. The third kappa shape index (κ3) is 16.9. The van der Waals surface area contributed by atoms with E-state index in [0.717, 1.165) is 84.5 Å². The molecule has 1 saturated heterocycles. The third-order valence-corrected chi connectivity index (χ3v) is 5.95. The zero-order valence-corrected chi connectivity index (χ0v) is 23.4. The Balaban J connectivity index is 0.0000109. The molecule has 1 aliphatic heterocycles. The van der Waals surface area contributed by atoms with E-state index < -0.39 is 0 Å². The molecule has 1 rings (SSSR count). The van der Waals surface area contributed by atoms with Gasteiger partial charge in [0.05, 0.1) is 6.61 Å². The number of ketones is 1. The maximum atomic E-state index is 12.0. The van der Waals surface area contributed by atoms with E-state index >= 15 is 0 Å². The minimum Gasteiger partial charge on any atom is -0.381 e. The first-order chi connectivity index (χ1) is 16.0. The molecule has 34 heavy (non-hydrogen) atoms. The first-order valence-electron chi connectivity index (χ1n) is 12.9. The summed E-state index contributed by atoms with van der Waals surface area (Å²) in [6, 6.07) is 0. The SMILES string of the molecule is C[CH-]C(=O)CCOCCCCN1CCN(CCNC(=O)CCCC(=O)NCCCCC)CC1.[Lr]. The molecular weight excluding hydrogens is 682 g/mol. The van der Waals surface area contributed by atoms with Crippen molar-refractivity contribution in [1.29, 1.82) is 0 Å². The van der Waals surface area contributed by atoms with Crippen molar-refractivity contribution in [2.24, 2.45) is 0 Å². The van der Waals surface area contributed by atoms with Crippen LogP contribution >= 0.6 is 0 Å². The van der Waals surface area contributed by atoms with Gasteiger partial charge in [-0.25, -0.2) is 0 Å². The van der Waals surface area contributed by atoms with Crippen LogP contribution in [0.4, 0.5) is 0 Å². The van der Waals surface area contributed by atoms with Crippen LogP contribution < -0.4 is 10.6 Å². The van der Waals surface area contributed by atoms with Gasteiger partial charge in [-0.1, -0.05) is 19.8 Å². The number of piperazine rings is 1. The Morgan fingerprint density at radius 1 is 0.765 bits per heavy atom. The van der Waals surface area contributed by atoms with Crippen molar-refractivity contribution in [2.45, 2.75) is 71.6 Å². The number of amides is 2. The van der Waals surface area contributed by atoms with Gasteiger partial charge in [0.15, 0.2) is 0 Å². The van der Waals surface area contributed by atoms with Crippen LogP contribution in [0.25, 0.3) is 0 Å². The number of unbranched alkanes of at least 4 members (excludes halogenated alkanes) is 3. The van der Waals surface area contributed by atoms with Crippen molar-refractivity contribution >= 4 is 17.6 Å². The molecule has 1 fully saturated rings. The summed E-state index contributed by atoms with van der Waals surface area (Å²) in [7, 11) is 0. The number of ether oxygens (including phenoxy) is 1. The van der Waals surface area contributed by atoms with E-state index in [2.05, 4.69) is 27.4 Å². The van der Waals surface area contributed by atoms with Crippen molar-refractivity contribution in [3.63, 3.8) is 0 Å². The number of nitrogens with one attached hydrogen (secondary N) is 2. The molecule has 9 heteroatoms. The Kier molecular flexibility index (Phi) is 19.3. The number of nitrogens with zero attached hydrogens (tertiary/aromatic N) is 2. The molecular formula is C25H47LrN4O4-. The Morgan fingerprint density at radius 3 is 2.00 bits per heavy atom. The largest absolute Gasteiger partial charge is 0.381 e. The molecule has 0 aliphatic carbocycles. The van der Waals surface area contributed by atoms with Gasteiger partial charge in [-0.15, -0.1) is 0 Å². The topological polar surface area (TPSA) is 91.0 Å². The second kappa shape index (κ2) is 20.9. The first-order valence-corrected chi connectivity index (χ1v) is 12.9. The van der Waals surface area contributed by atoms with E-state index in [1.165, 1.54) is 0 Å². The van der Waals surface area contributed by atoms with Crippen LogP contribution in [0, 0.1) is 6.42 Å². The van der Waals surface area contributed by atoms with Crippen molar-refractivity contribution in [3.05, 3.63) is 6.42 Å². The summed E-state index contributed by atoms with van der Waals surface area (Å²) in [5.41, 5.74) is 0. The summed E-state index contributed by atoms with van der Waals surface area (Å²) in [6.45, 7) is 12.7. The summed E-state index contributed by atoms with van der Waals surface area (Å²) in [5, 5.41) is 5.89. The standard InChI is InChI=1S/C25H47N4O4.Lr/c1-3-5-6-13-26-24(31)10-9-11-25(32)27-14-16-29-19-17-28(18-20-29)15-7-8-21-33-22-12-23(30)4-2;/h4H,3,5-22H2,1-2H3,(H,26,31)(H,27,32);/q-1;. The molecule has 0 aromatic rings. The number of carbonyl (C=O) groups is 3. The van der Waals surface area contributed by atoms with Crippen molar-refractivity contribution in [1.82, 2.24) is 20.4 Å². The van der Waals surface area contributed by atoms with Crippen LogP contribution in [-0.2, 0) is 19.1 Å². The Labute approximate surface area is 201 Å². The van der Waals surface area contributed by atoms with E-state index in [1.54, 1.807) is 13.3 Å². The van der Waals surface area contributed by atoms with Gasteiger partial charge >= 0.3 is 0 Å². The molecule has 2 amide bonds. The summed E-state index contributed by atoms with van der Waals surface area (Å²) in [5.74, 6) is 0.225. The van der Waals surface area contributed by atoms with Crippen molar-refractivity contribution in [3.8, 4) is 0 Å². The number of carbonyl (C=O) groups excluding carboxylic acids is 3. The number of Topliss-reactive ketones (excluding diaryl/α,β-unsaturated/α-hetero) is 1. The van der Waals surface area contributed by atoms with Gasteiger partial charge < -0.3 is 31.5 Å². The molecule has 1 radical (unpaired) electrons. The fourth-order valence-electron chi connectivity index (χ4n) is 3.74. The van der Waals surface area contributed by atoms with Crippen LogP contribution in [0.1, 0.15) is 71.6 Å². The molecule has 0 atom stereocenters. The fourth-order valence-corrected chi connectivity index (χ4v) is 3.74. The van der Waals surface area contributed by atoms with Gasteiger partial charge in [0, 0.05) is 77.5 Å². The predicted octanol–water partition coefficient (Wildman–Crippen LogP) is 2.18. The van der Waals surface area contributed by atoms with Crippen molar-refractivity contribution in [2.75, 3.05) is 65.6 Å². The molecule has 0 saturated carbocycles. The summed E-state index contributed by atoms with van der Waals surface area (Å²) < 4.78 is 5.51. The Morgan fingerprint density at radius 2 is 1.38 bits per heavy atom. The van der Waals surface area contributed by atoms with Crippen LogP contribution in [0.5, 0.6) is 0 Å². The quantitative estimate of drug-likeness (QED) is 0.148. The molecule has 2 N–H and O–H groups in total. The van der Waals surface area contributed by atoms with Gasteiger partial charge in [-0.3, -0.25) is 14.5 Å². The van der Waals surface area contributed by atoms with Crippen LogP contribution in [0.15, 0.2) is 0 Å². The first kappa shape index (κ1) is 31.4. The Hall–Kier alpha value is -2.64. The summed E-state index contributed by atoms with van der Waals surface area (Å²) in [4.78, 5) is 39.7. The molecule has 0 aromatic carbocycles. The molecule has 0 aromatic heterocycles. The van der Waals surface area contributed by atoms with E-state index in [1.807, 2.05) is 0 Å².